The van der Waals surface area contributed by atoms with E-state index in [1.165, 1.54) is 16.2 Å². The molecule has 2 aromatic heterocycles. The Bertz CT molecular complexity index is 1670. The number of imide groups is 1. The van der Waals surface area contributed by atoms with Crippen LogP contribution in [0.25, 0.3) is 21.3 Å². The third-order valence-electron chi connectivity index (χ3n) is 8.72. The molecule has 11 heteroatoms. The summed E-state index contributed by atoms with van der Waals surface area (Å²) in [5.74, 6) is -1.20. The quantitative estimate of drug-likeness (QED) is 0.336. The molecule has 2 saturated heterocycles. The van der Waals surface area contributed by atoms with E-state index in [1.54, 1.807) is 17.2 Å². The first-order chi connectivity index (χ1) is 20.2. The van der Waals surface area contributed by atoms with E-state index in [0.29, 0.717) is 23.7 Å². The fourth-order valence-corrected chi connectivity index (χ4v) is 7.81. The highest BCUT2D eigenvalue weighted by atomic mass is 35.5. The Morgan fingerprint density at radius 3 is 2.51 bits per heavy atom. The second kappa shape index (κ2) is 10.3. The van der Waals surface area contributed by atoms with Crippen LogP contribution in [0.3, 0.4) is 0 Å². The molecule has 4 amide bonds. The molecule has 1 saturated carbocycles. The Morgan fingerprint density at radius 1 is 1.14 bits per heavy atom. The molecule has 4 heterocycles. The van der Waals surface area contributed by atoms with Crippen molar-refractivity contribution in [3.05, 3.63) is 45.9 Å². The SMILES string of the molecule is Cc1cc(Cl)cc(-c2ccnc3cc(CN4C(=O)C5C(C4=O)C5(C)C)sc23)c1NC(=O)[C@H]1CCN(C(=O)OC(C)(C)C)C1. The monoisotopic (exact) mass is 622 g/mol. The van der Waals surface area contributed by atoms with Gasteiger partial charge >= 0.3 is 6.09 Å². The van der Waals surface area contributed by atoms with Gasteiger partial charge in [0.15, 0.2) is 0 Å². The van der Waals surface area contributed by atoms with Crippen LogP contribution in [0, 0.1) is 30.1 Å². The zero-order chi connectivity index (χ0) is 31.0. The van der Waals surface area contributed by atoms with E-state index in [4.69, 9.17) is 16.3 Å². The maximum absolute atomic E-state index is 13.5. The lowest BCUT2D eigenvalue weighted by Crippen LogP contribution is -2.36. The third kappa shape index (κ3) is 5.29. The van der Waals surface area contributed by atoms with Crippen LogP contribution in [0.2, 0.25) is 5.02 Å². The summed E-state index contributed by atoms with van der Waals surface area (Å²) in [5, 5.41) is 3.65. The van der Waals surface area contributed by atoms with E-state index in [9.17, 15) is 19.2 Å². The number of halogens is 1. The molecule has 1 aliphatic carbocycles. The summed E-state index contributed by atoms with van der Waals surface area (Å²) in [7, 11) is 0. The van der Waals surface area contributed by atoms with E-state index in [-0.39, 0.29) is 54.0 Å². The number of amides is 4. The molecule has 3 atom stereocenters. The number of carbonyl (C=O) groups excluding carboxylic acids is 4. The molecule has 0 spiro atoms. The number of thiophene rings is 1. The molecular weight excluding hydrogens is 588 g/mol. The highest BCUT2D eigenvalue weighted by Gasteiger charge is 2.72. The summed E-state index contributed by atoms with van der Waals surface area (Å²) in [6.07, 6.45) is 1.82. The van der Waals surface area contributed by atoms with Crippen LogP contribution in [-0.2, 0) is 25.7 Å². The number of carbonyl (C=O) groups is 4. The van der Waals surface area contributed by atoms with E-state index >= 15 is 0 Å². The molecule has 226 valence electrons. The van der Waals surface area contributed by atoms with Gasteiger partial charge in [0.2, 0.25) is 17.7 Å². The van der Waals surface area contributed by atoms with Gasteiger partial charge in [-0.25, -0.2) is 4.79 Å². The van der Waals surface area contributed by atoms with Crippen LogP contribution in [0.4, 0.5) is 10.5 Å². The smallest absolute Gasteiger partial charge is 0.410 e. The fraction of sp³-hybridized carbons (Fsp3) is 0.469. The van der Waals surface area contributed by atoms with Gasteiger partial charge in [-0.3, -0.25) is 24.3 Å². The maximum Gasteiger partial charge on any atom is 0.410 e. The van der Waals surface area contributed by atoms with Crippen molar-refractivity contribution < 1.29 is 23.9 Å². The lowest BCUT2D eigenvalue weighted by atomic mass is 9.99. The van der Waals surface area contributed by atoms with Crippen molar-refractivity contribution >= 4 is 62.7 Å². The van der Waals surface area contributed by atoms with Crippen molar-refractivity contribution in [2.45, 2.75) is 60.1 Å². The zero-order valence-electron chi connectivity index (χ0n) is 25.1. The number of ether oxygens (including phenoxy) is 1. The number of benzene rings is 1. The van der Waals surface area contributed by atoms with Crippen LogP contribution >= 0.6 is 22.9 Å². The molecule has 9 nitrogen and oxygen atoms in total. The molecule has 6 rings (SSSR count). The highest BCUT2D eigenvalue weighted by Crippen LogP contribution is 2.63. The van der Waals surface area contributed by atoms with Crippen LogP contribution in [0.15, 0.2) is 30.5 Å². The van der Waals surface area contributed by atoms with Gasteiger partial charge in [0, 0.05) is 40.3 Å². The standard InChI is InChI=1S/C32H35ClN4O5S/c1-16-11-18(33)12-21(25(16)35-27(38)17-8-10-36(14-17)30(41)42-31(2,3)4)20-7-9-34-22-13-19(43-26(20)22)15-37-28(39)23-24(29(37)40)32(23,5)6/h7,9,11-13,17,23-24H,8,10,14-15H2,1-6H3,(H,35,38)/t17-,23?,24?/m0/s1. The minimum atomic E-state index is -0.610. The van der Waals surface area contributed by atoms with Crippen LogP contribution in [0.5, 0.6) is 0 Å². The van der Waals surface area contributed by atoms with Crippen LogP contribution in [0.1, 0.15) is 51.5 Å². The summed E-state index contributed by atoms with van der Waals surface area (Å²) in [6, 6.07) is 7.42. The number of piperidine rings is 1. The van der Waals surface area contributed by atoms with E-state index < -0.39 is 11.7 Å². The van der Waals surface area contributed by atoms with Crippen molar-refractivity contribution in [3.8, 4) is 11.1 Å². The summed E-state index contributed by atoms with van der Waals surface area (Å²) in [6.45, 7) is 12.2. The Morgan fingerprint density at radius 2 is 1.84 bits per heavy atom. The van der Waals surface area contributed by atoms with E-state index in [1.807, 2.05) is 59.7 Å². The predicted octanol–water partition coefficient (Wildman–Crippen LogP) is 6.26. The van der Waals surface area contributed by atoms with Gasteiger partial charge in [-0.15, -0.1) is 11.3 Å². The van der Waals surface area contributed by atoms with Gasteiger partial charge in [-0.2, -0.15) is 0 Å². The number of anilines is 1. The first-order valence-electron chi connectivity index (χ1n) is 14.5. The summed E-state index contributed by atoms with van der Waals surface area (Å²) in [5.41, 5.74) is 2.90. The third-order valence-corrected chi connectivity index (χ3v) is 10.1. The van der Waals surface area contributed by atoms with E-state index in [0.717, 1.165) is 31.8 Å². The Balaban J connectivity index is 1.25. The molecule has 0 bridgehead atoms. The summed E-state index contributed by atoms with van der Waals surface area (Å²) < 4.78 is 6.36. The molecule has 1 aromatic carbocycles. The number of pyridine rings is 1. The van der Waals surface area contributed by atoms with Gasteiger partial charge in [0.05, 0.1) is 40.2 Å². The lowest BCUT2D eigenvalue weighted by Gasteiger charge is -2.24. The highest BCUT2D eigenvalue weighted by molar-refractivity contribution is 7.19. The molecule has 0 radical (unpaired) electrons. The number of rotatable bonds is 5. The van der Waals surface area contributed by atoms with E-state index in [2.05, 4.69) is 10.3 Å². The minimum absolute atomic E-state index is 0.0988. The lowest BCUT2D eigenvalue weighted by molar-refractivity contribution is -0.143. The average Bonchev–Trinajstić information content (AvgIpc) is 3.34. The molecule has 3 fully saturated rings. The molecule has 2 unspecified atom stereocenters. The largest absolute Gasteiger partial charge is 0.444 e. The molecule has 3 aliphatic rings. The first-order valence-corrected chi connectivity index (χ1v) is 15.7. The number of aromatic nitrogens is 1. The Hall–Kier alpha value is -3.50. The number of nitrogens with one attached hydrogen (secondary N) is 1. The van der Waals surface area contributed by atoms with Crippen molar-refractivity contribution in [3.63, 3.8) is 0 Å². The molecule has 3 aromatic rings. The molecule has 1 N–H and O–H groups in total. The minimum Gasteiger partial charge on any atom is -0.444 e. The van der Waals surface area contributed by atoms with Crippen molar-refractivity contribution in [1.82, 2.24) is 14.8 Å². The number of hydrogen-bond acceptors (Lipinski definition) is 7. The average molecular weight is 623 g/mol. The second-order valence-corrected chi connectivity index (χ2v) is 14.9. The number of fused-ring (bicyclic) bond motifs is 2. The Labute approximate surface area is 259 Å². The van der Waals surface area contributed by atoms with Crippen LogP contribution in [-0.4, -0.2) is 57.3 Å². The second-order valence-electron chi connectivity index (χ2n) is 13.4. The zero-order valence-corrected chi connectivity index (χ0v) is 26.7. The maximum atomic E-state index is 13.5. The van der Waals surface area contributed by atoms with Crippen molar-refractivity contribution in [2.75, 3.05) is 18.4 Å². The van der Waals surface area contributed by atoms with Crippen molar-refractivity contribution in [1.29, 1.82) is 0 Å². The molecule has 43 heavy (non-hydrogen) atoms. The summed E-state index contributed by atoms with van der Waals surface area (Å²) >= 11 is 8.00. The molecular formula is C32H35ClN4O5S. The van der Waals surface area contributed by atoms with Gasteiger partial charge < -0.3 is 15.0 Å². The first kappa shape index (κ1) is 29.6. The van der Waals surface area contributed by atoms with Gasteiger partial charge in [-0.1, -0.05) is 25.4 Å². The van der Waals surface area contributed by atoms with Gasteiger partial charge in [-0.05, 0) is 69.4 Å². The Kier molecular flexibility index (Phi) is 7.08. The fourth-order valence-electron chi connectivity index (χ4n) is 6.41. The number of aryl methyl sites for hydroxylation is 1. The summed E-state index contributed by atoms with van der Waals surface area (Å²) in [4.78, 5) is 60.3. The molecule has 2 aliphatic heterocycles. The normalized spacial score (nSPS) is 22.7. The number of nitrogens with zero attached hydrogens (tertiary/aromatic N) is 3. The number of hydrogen-bond donors (Lipinski definition) is 1. The van der Waals surface area contributed by atoms with Crippen LogP contribution < -0.4 is 5.32 Å². The number of likely N-dealkylation sites (tertiary alicyclic amines) is 2. The van der Waals surface area contributed by atoms with Gasteiger partial charge in [0.25, 0.3) is 0 Å². The predicted molar refractivity (Wildman–Crippen MR) is 166 cm³/mol. The van der Waals surface area contributed by atoms with Gasteiger partial charge in [0.1, 0.15) is 5.60 Å². The van der Waals surface area contributed by atoms with Crippen molar-refractivity contribution in [2.24, 2.45) is 23.2 Å². The topological polar surface area (TPSA) is 109 Å².